The molecule has 0 spiro atoms. The maximum Gasteiger partial charge on any atom is 0.252 e. The van der Waals surface area contributed by atoms with E-state index in [1.807, 2.05) is 0 Å². The smallest absolute Gasteiger partial charge is 0.252 e. The topological polar surface area (TPSA) is 97.6 Å². The van der Waals surface area contributed by atoms with Gasteiger partial charge in [-0.2, -0.15) is 9.29 Å². The Morgan fingerprint density at radius 1 is 1.03 bits per heavy atom. The summed E-state index contributed by atoms with van der Waals surface area (Å²) in [5, 5.41) is 7.44. The summed E-state index contributed by atoms with van der Waals surface area (Å²) >= 11 is 0. The fourth-order valence-corrected chi connectivity index (χ4v) is 6.97. The Kier molecular flexibility index (Phi) is 7.21. The molecule has 8 nitrogen and oxygen atoms in total. The molecule has 1 aliphatic carbocycles. The molecule has 3 heterocycles. The molecule has 2 saturated heterocycles. The Morgan fingerprint density at radius 3 is 2.59 bits per heavy atom. The maximum absolute atomic E-state index is 13.2. The van der Waals surface area contributed by atoms with Crippen molar-refractivity contribution in [2.45, 2.75) is 83.0 Å². The van der Waals surface area contributed by atoms with Gasteiger partial charge in [-0.25, -0.2) is 8.42 Å². The summed E-state index contributed by atoms with van der Waals surface area (Å²) in [7, 11) is -3.33. The summed E-state index contributed by atoms with van der Waals surface area (Å²) in [6.45, 7) is 2.78. The van der Waals surface area contributed by atoms with E-state index in [0.717, 1.165) is 70.9 Å². The van der Waals surface area contributed by atoms with Gasteiger partial charge in [0.25, 0.3) is 5.89 Å². The van der Waals surface area contributed by atoms with Gasteiger partial charge < -0.3 is 14.6 Å². The van der Waals surface area contributed by atoms with Crippen molar-refractivity contribution in [1.29, 1.82) is 0 Å². The van der Waals surface area contributed by atoms with Gasteiger partial charge in [0.1, 0.15) is 6.61 Å². The van der Waals surface area contributed by atoms with Gasteiger partial charge in [0, 0.05) is 6.54 Å². The zero-order chi connectivity index (χ0) is 20.1. The molecule has 1 saturated carbocycles. The van der Waals surface area contributed by atoms with Crippen LogP contribution in [0.4, 0.5) is 0 Å². The van der Waals surface area contributed by atoms with E-state index in [-0.39, 0.29) is 23.8 Å². The van der Waals surface area contributed by atoms with Crippen molar-refractivity contribution < 1.29 is 17.7 Å². The molecular weight excluding hydrogens is 392 g/mol. The molecule has 29 heavy (non-hydrogen) atoms. The van der Waals surface area contributed by atoms with Crippen LogP contribution in [0.1, 0.15) is 82.0 Å². The molecule has 4 rings (SSSR count). The molecule has 9 heteroatoms. The SMILES string of the molecule is O=S(=O)(CC1CCCCC1)N1CCCC[C@H]1c1noc(COC2CCNCC2)n1. The van der Waals surface area contributed by atoms with Crippen molar-refractivity contribution >= 4 is 10.0 Å². The summed E-state index contributed by atoms with van der Waals surface area (Å²) in [4.78, 5) is 4.50. The quantitative estimate of drug-likeness (QED) is 0.716. The van der Waals surface area contributed by atoms with Gasteiger partial charge in [-0.05, 0) is 57.5 Å². The summed E-state index contributed by atoms with van der Waals surface area (Å²) in [5.74, 6) is 1.47. The van der Waals surface area contributed by atoms with Crippen LogP contribution in [-0.2, 0) is 21.4 Å². The molecule has 0 unspecified atom stereocenters. The van der Waals surface area contributed by atoms with E-state index in [4.69, 9.17) is 9.26 Å². The van der Waals surface area contributed by atoms with Gasteiger partial charge in [-0.3, -0.25) is 0 Å². The molecule has 1 aromatic rings. The van der Waals surface area contributed by atoms with Crippen LogP contribution in [0.2, 0.25) is 0 Å². The highest BCUT2D eigenvalue weighted by Crippen LogP contribution is 2.34. The summed E-state index contributed by atoms with van der Waals surface area (Å²) in [6.07, 6.45) is 10.4. The molecule has 1 N–H and O–H groups in total. The third-order valence-electron chi connectivity index (χ3n) is 6.49. The van der Waals surface area contributed by atoms with Gasteiger partial charge in [0.2, 0.25) is 10.0 Å². The van der Waals surface area contributed by atoms with Gasteiger partial charge in [-0.1, -0.05) is 30.8 Å². The minimum Gasteiger partial charge on any atom is -0.368 e. The first-order chi connectivity index (χ1) is 14.1. The predicted octanol–water partition coefficient (Wildman–Crippen LogP) is 2.78. The van der Waals surface area contributed by atoms with E-state index in [2.05, 4.69) is 15.5 Å². The molecule has 0 amide bonds. The van der Waals surface area contributed by atoms with E-state index >= 15 is 0 Å². The van der Waals surface area contributed by atoms with Crippen LogP contribution in [0.25, 0.3) is 0 Å². The Bertz CT molecular complexity index is 741. The zero-order valence-corrected chi connectivity index (χ0v) is 18.0. The number of hydrogen-bond acceptors (Lipinski definition) is 7. The molecule has 0 bridgehead atoms. The lowest BCUT2D eigenvalue weighted by molar-refractivity contribution is 0.00859. The highest BCUT2D eigenvalue weighted by Gasteiger charge is 2.37. The van der Waals surface area contributed by atoms with E-state index in [0.29, 0.717) is 24.9 Å². The minimum absolute atomic E-state index is 0.216. The maximum atomic E-state index is 13.2. The number of rotatable bonds is 7. The second kappa shape index (κ2) is 9.85. The average molecular weight is 427 g/mol. The normalized spacial score (nSPS) is 26.0. The standard InChI is InChI=1S/C20H34N4O4S/c25-29(26,15-16-6-2-1-3-7-16)24-13-5-4-8-18(24)20-22-19(28-23-20)14-27-17-9-11-21-12-10-17/h16-18,21H,1-15H2/t18-/m0/s1. The van der Waals surface area contributed by atoms with Crippen LogP contribution in [0.15, 0.2) is 4.52 Å². The van der Waals surface area contributed by atoms with E-state index in [9.17, 15) is 8.42 Å². The van der Waals surface area contributed by atoms with Crippen LogP contribution < -0.4 is 5.32 Å². The van der Waals surface area contributed by atoms with Gasteiger partial charge >= 0.3 is 0 Å². The molecule has 3 aliphatic rings. The number of piperidine rings is 2. The fourth-order valence-electron chi connectivity index (χ4n) is 4.86. The fraction of sp³-hybridized carbons (Fsp3) is 0.900. The monoisotopic (exact) mass is 426 g/mol. The van der Waals surface area contributed by atoms with Crippen molar-refractivity contribution in [3.05, 3.63) is 11.7 Å². The lowest BCUT2D eigenvalue weighted by atomic mass is 9.91. The molecule has 1 atom stereocenters. The second-order valence-corrected chi connectivity index (χ2v) is 10.7. The highest BCUT2D eigenvalue weighted by molar-refractivity contribution is 7.89. The summed E-state index contributed by atoms with van der Waals surface area (Å²) < 4.78 is 39.3. The Morgan fingerprint density at radius 2 is 1.79 bits per heavy atom. The van der Waals surface area contributed by atoms with Crippen LogP contribution in [-0.4, -0.2) is 54.4 Å². The number of ether oxygens (including phenoxy) is 1. The van der Waals surface area contributed by atoms with Crippen molar-refractivity contribution in [1.82, 2.24) is 19.8 Å². The molecular formula is C20H34N4O4S. The van der Waals surface area contributed by atoms with E-state index < -0.39 is 10.0 Å². The molecule has 1 aromatic heterocycles. The summed E-state index contributed by atoms with van der Waals surface area (Å²) in [5.41, 5.74) is 0. The minimum atomic E-state index is -3.33. The predicted molar refractivity (Wildman–Crippen MR) is 109 cm³/mol. The Hall–Kier alpha value is -1.03. The number of sulfonamides is 1. The van der Waals surface area contributed by atoms with Gasteiger partial charge in [-0.15, -0.1) is 0 Å². The third kappa shape index (κ3) is 5.57. The highest BCUT2D eigenvalue weighted by atomic mass is 32.2. The first-order valence-corrected chi connectivity index (χ1v) is 12.9. The lowest BCUT2D eigenvalue weighted by Gasteiger charge is -2.34. The van der Waals surface area contributed by atoms with Crippen molar-refractivity contribution in [3.8, 4) is 0 Å². The lowest BCUT2D eigenvalue weighted by Crippen LogP contribution is -2.41. The Labute approximate surface area is 173 Å². The summed E-state index contributed by atoms with van der Waals surface area (Å²) in [6, 6.07) is -0.311. The van der Waals surface area contributed by atoms with Crippen molar-refractivity contribution in [2.24, 2.45) is 5.92 Å². The van der Waals surface area contributed by atoms with Crippen LogP contribution in [0.3, 0.4) is 0 Å². The second-order valence-electron chi connectivity index (χ2n) is 8.71. The molecule has 0 radical (unpaired) electrons. The number of nitrogens with one attached hydrogen (secondary N) is 1. The first kappa shape index (κ1) is 21.2. The van der Waals surface area contributed by atoms with Gasteiger partial charge in [0.15, 0.2) is 5.82 Å². The molecule has 0 aromatic carbocycles. The van der Waals surface area contributed by atoms with Crippen LogP contribution in [0.5, 0.6) is 0 Å². The largest absolute Gasteiger partial charge is 0.368 e. The van der Waals surface area contributed by atoms with E-state index in [1.54, 1.807) is 4.31 Å². The number of hydrogen-bond donors (Lipinski definition) is 1. The number of aromatic nitrogens is 2. The Balaban J connectivity index is 1.39. The molecule has 2 aliphatic heterocycles. The van der Waals surface area contributed by atoms with Gasteiger partial charge in [0.05, 0.1) is 17.9 Å². The third-order valence-corrected chi connectivity index (χ3v) is 8.54. The first-order valence-electron chi connectivity index (χ1n) is 11.3. The zero-order valence-electron chi connectivity index (χ0n) is 17.2. The van der Waals surface area contributed by atoms with E-state index in [1.165, 1.54) is 6.42 Å². The van der Waals surface area contributed by atoms with Crippen LogP contribution in [0, 0.1) is 5.92 Å². The molecule has 164 valence electrons. The molecule has 3 fully saturated rings. The van der Waals surface area contributed by atoms with Crippen molar-refractivity contribution in [3.63, 3.8) is 0 Å². The number of nitrogens with zero attached hydrogens (tertiary/aromatic N) is 3. The van der Waals surface area contributed by atoms with Crippen LogP contribution >= 0.6 is 0 Å². The van der Waals surface area contributed by atoms with Crippen molar-refractivity contribution in [2.75, 3.05) is 25.4 Å². The average Bonchev–Trinajstić information content (AvgIpc) is 3.22.